The molecule has 0 saturated heterocycles. The molecule has 0 N–H and O–H groups in total. The molecule has 3 rings (SSSR count). The molecule has 0 amide bonds. The number of aromatic nitrogens is 1. The summed E-state index contributed by atoms with van der Waals surface area (Å²) in [4.78, 5) is 23.7. The van der Waals surface area contributed by atoms with E-state index in [0.29, 0.717) is 12.3 Å². The van der Waals surface area contributed by atoms with Crippen LogP contribution >= 0.6 is 11.3 Å². The first kappa shape index (κ1) is 11.7. The third-order valence-electron chi connectivity index (χ3n) is 3.74. The second-order valence-corrected chi connectivity index (χ2v) is 5.80. The van der Waals surface area contributed by atoms with Crippen LogP contribution in [-0.2, 0) is 11.3 Å². The van der Waals surface area contributed by atoms with Crippen LogP contribution in [0.25, 0.3) is 10.1 Å². The van der Waals surface area contributed by atoms with Gasteiger partial charge in [0.05, 0.1) is 5.39 Å². The van der Waals surface area contributed by atoms with Gasteiger partial charge in [0, 0.05) is 29.8 Å². The van der Waals surface area contributed by atoms with Gasteiger partial charge < -0.3 is 4.57 Å². The van der Waals surface area contributed by atoms with Crippen LogP contribution in [0.1, 0.15) is 25.7 Å². The summed E-state index contributed by atoms with van der Waals surface area (Å²) in [6.07, 6.45) is 5.38. The Morgan fingerprint density at radius 2 is 2.22 bits per heavy atom. The van der Waals surface area contributed by atoms with E-state index in [4.69, 9.17) is 0 Å². The molecular weight excluding hydrogens is 246 g/mol. The highest BCUT2D eigenvalue weighted by Gasteiger charge is 2.23. The number of aryl methyl sites for hydroxylation is 1. The molecule has 0 aromatic carbocycles. The maximum absolute atomic E-state index is 12.2. The second-order valence-electron chi connectivity index (χ2n) is 4.86. The highest BCUT2D eigenvalue weighted by Crippen LogP contribution is 2.24. The number of ketones is 1. The number of rotatable bonds is 3. The molecular formula is C14H15NO2S. The van der Waals surface area contributed by atoms with Gasteiger partial charge in [-0.2, -0.15) is 0 Å². The molecule has 0 radical (unpaired) electrons. The van der Waals surface area contributed by atoms with Gasteiger partial charge in [0.1, 0.15) is 5.78 Å². The predicted octanol–water partition coefficient (Wildman–Crippen LogP) is 2.82. The zero-order valence-corrected chi connectivity index (χ0v) is 10.9. The quantitative estimate of drug-likeness (QED) is 0.852. The van der Waals surface area contributed by atoms with E-state index >= 15 is 0 Å². The number of hydrogen-bond acceptors (Lipinski definition) is 3. The molecule has 1 saturated carbocycles. The summed E-state index contributed by atoms with van der Waals surface area (Å²) in [5.41, 5.74) is 0.0687. The van der Waals surface area contributed by atoms with Crippen LogP contribution in [0.4, 0.5) is 0 Å². The van der Waals surface area contributed by atoms with Crippen LogP contribution in [0.5, 0.6) is 0 Å². The van der Waals surface area contributed by atoms with E-state index in [2.05, 4.69) is 0 Å². The van der Waals surface area contributed by atoms with E-state index in [9.17, 15) is 9.59 Å². The van der Waals surface area contributed by atoms with Crippen molar-refractivity contribution in [1.82, 2.24) is 4.57 Å². The number of fused-ring (bicyclic) bond motifs is 1. The summed E-state index contributed by atoms with van der Waals surface area (Å²) < 4.78 is 2.77. The topological polar surface area (TPSA) is 39.1 Å². The molecule has 1 atom stereocenters. The molecule has 0 bridgehead atoms. The lowest BCUT2D eigenvalue weighted by atomic mass is 10.0. The van der Waals surface area contributed by atoms with Gasteiger partial charge >= 0.3 is 0 Å². The van der Waals surface area contributed by atoms with Crippen LogP contribution in [0.15, 0.2) is 28.5 Å². The second kappa shape index (κ2) is 4.69. The minimum absolute atomic E-state index is 0.0687. The third-order valence-corrected chi connectivity index (χ3v) is 4.62. The molecule has 4 heteroatoms. The molecule has 2 aromatic rings. The Bertz CT molecular complexity index is 641. The zero-order chi connectivity index (χ0) is 12.5. The first-order valence-corrected chi connectivity index (χ1v) is 7.23. The first-order chi connectivity index (χ1) is 8.75. The standard InChI is InChI=1S/C14H15NO2S/c16-12-3-1-2-10(12)4-7-15-8-5-13-11(14(15)17)6-9-18-13/h5-6,8-10H,1-4,7H2. The molecule has 3 nitrogen and oxygen atoms in total. The average molecular weight is 261 g/mol. The molecule has 1 fully saturated rings. The summed E-state index contributed by atoms with van der Waals surface area (Å²) in [5.74, 6) is 0.551. The lowest BCUT2D eigenvalue weighted by Crippen LogP contribution is -2.21. The van der Waals surface area contributed by atoms with Crippen molar-refractivity contribution >= 4 is 27.2 Å². The van der Waals surface area contributed by atoms with E-state index in [-0.39, 0.29) is 11.5 Å². The number of Topliss-reactive ketones (excluding diaryl/α,β-unsaturated/α-hetero) is 1. The maximum atomic E-state index is 12.2. The Morgan fingerprint density at radius 1 is 1.33 bits per heavy atom. The number of carbonyl (C=O) groups is 1. The fraction of sp³-hybridized carbons (Fsp3) is 0.429. The van der Waals surface area contributed by atoms with E-state index in [1.807, 2.05) is 23.7 Å². The normalized spacial score (nSPS) is 19.8. The van der Waals surface area contributed by atoms with Gasteiger partial charge in [-0.15, -0.1) is 11.3 Å². The summed E-state index contributed by atoms with van der Waals surface area (Å²) in [5, 5.41) is 2.73. The number of carbonyl (C=O) groups excluding carboxylic acids is 1. The summed E-state index contributed by atoms with van der Waals surface area (Å²) in [7, 11) is 0. The lowest BCUT2D eigenvalue weighted by molar-refractivity contribution is -0.120. The summed E-state index contributed by atoms with van der Waals surface area (Å²) >= 11 is 1.59. The van der Waals surface area contributed by atoms with E-state index in [0.717, 1.165) is 35.8 Å². The molecule has 1 aliphatic rings. The predicted molar refractivity (Wildman–Crippen MR) is 73.1 cm³/mol. The Balaban J connectivity index is 1.80. The van der Waals surface area contributed by atoms with E-state index < -0.39 is 0 Å². The Hall–Kier alpha value is -1.42. The maximum Gasteiger partial charge on any atom is 0.259 e. The number of nitrogens with zero attached hydrogens (tertiary/aromatic N) is 1. The fourth-order valence-electron chi connectivity index (χ4n) is 2.67. The van der Waals surface area contributed by atoms with Gasteiger partial charge in [0.25, 0.3) is 5.56 Å². The minimum Gasteiger partial charge on any atom is -0.315 e. The van der Waals surface area contributed by atoms with Crippen LogP contribution in [-0.4, -0.2) is 10.4 Å². The van der Waals surface area contributed by atoms with Crippen molar-refractivity contribution in [1.29, 1.82) is 0 Å². The van der Waals surface area contributed by atoms with Crippen LogP contribution in [0.2, 0.25) is 0 Å². The molecule has 94 valence electrons. The molecule has 1 aliphatic carbocycles. The average Bonchev–Trinajstić information content (AvgIpc) is 2.98. The number of hydrogen-bond donors (Lipinski definition) is 0. The molecule has 2 heterocycles. The SMILES string of the molecule is O=C1CCCC1CCn1ccc2sccc2c1=O. The van der Waals surface area contributed by atoms with Crippen molar-refractivity contribution in [2.75, 3.05) is 0 Å². The van der Waals surface area contributed by atoms with Gasteiger partial charge in [-0.1, -0.05) is 0 Å². The number of thiophene rings is 1. The fourth-order valence-corrected chi connectivity index (χ4v) is 3.44. The lowest BCUT2D eigenvalue weighted by Gasteiger charge is -2.09. The van der Waals surface area contributed by atoms with Crippen molar-refractivity contribution in [2.45, 2.75) is 32.2 Å². The van der Waals surface area contributed by atoms with Crippen LogP contribution in [0.3, 0.4) is 0 Å². The summed E-state index contributed by atoms with van der Waals surface area (Å²) in [6.45, 7) is 0.654. The van der Waals surface area contributed by atoms with E-state index in [1.54, 1.807) is 15.9 Å². The third kappa shape index (κ3) is 2.01. The smallest absolute Gasteiger partial charge is 0.259 e. The number of pyridine rings is 1. The van der Waals surface area contributed by atoms with Gasteiger partial charge in [-0.25, -0.2) is 0 Å². The molecule has 18 heavy (non-hydrogen) atoms. The summed E-state index contributed by atoms with van der Waals surface area (Å²) in [6, 6.07) is 3.86. The molecule has 0 spiro atoms. The molecule has 1 unspecified atom stereocenters. The Kier molecular flexibility index (Phi) is 3.04. The van der Waals surface area contributed by atoms with Crippen molar-refractivity contribution in [2.24, 2.45) is 5.92 Å². The van der Waals surface area contributed by atoms with Crippen molar-refractivity contribution < 1.29 is 4.79 Å². The van der Waals surface area contributed by atoms with E-state index in [1.165, 1.54) is 0 Å². The highest BCUT2D eigenvalue weighted by molar-refractivity contribution is 7.17. The minimum atomic E-state index is 0.0687. The Morgan fingerprint density at radius 3 is 3.00 bits per heavy atom. The zero-order valence-electron chi connectivity index (χ0n) is 10.1. The van der Waals surface area contributed by atoms with Crippen molar-refractivity contribution in [3.8, 4) is 0 Å². The molecule has 2 aromatic heterocycles. The van der Waals surface area contributed by atoms with Gasteiger partial charge in [-0.3, -0.25) is 9.59 Å². The van der Waals surface area contributed by atoms with Crippen molar-refractivity contribution in [3.63, 3.8) is 0 Å². The largest absolute Gasteiger partial charge is 0.315 e. The molecule has 0 aliphatic heterocycles. The monoisotopic (exact) mass is 261 g/mol. The highest BCUT2D eigenvalue weighted by atomic mass is 32.1. The van der Waals surface area contributed by atoms with Crippen molar-refractivity contribution in [3.05, 3.63) is 34.1 Å². The Labute approximate surface area is 109 Å². The van der Waals surface area contributed by atoms with Gasteiger partial charge in [0.2, 0.25) is 0 Å². The van der Waals surface area contributed by atoms with Gasteiger partial charge in [-0.05, 0) is 36.8 Å². The van der Waals surface area contributed by atoms with Crippen LogP contribution < -0.4 is 5.56 Å². The van der Waals surface area contributed by atoms with Gasteiger partial charge in [0.15, 0.2) is 0 Å². The first-order valence-electron chi connectivity index (χ1n) is 6.35. The van der Waals surface area contributed by atoms with Crippen LogP contribution in [0, 0.1) is 5.92 Å².